The number of nitrogens with zero attached hydrogens (tertiary/aromatic N) is 1. The number of benzene rings is 1. The van der Waals surface area contributed by atoms with Crippen LogP contribution < -0.4 is 5.32 Å². The van der Waals surface area contributed by atoms with Crippen LogP contribution in [-0.2, 0) is 0 Å². The summed E-state index contributed by atoms with van der Waals surface area (Å²) in [5, 5.41) is 3.34. The van der Waals surface area contributed by atoms with E-state index in [2.05, 4.69) is 10.3 Å². The molecule has 1 heterocycles. The summed E-state index contributed by atoms with van der Waals surface area (Å²) < 4.78 is 0. The van der Waals surface area contributed by atoms with Gasteiger partial charge in [-0.05, 0) is 36.4 Å². The summed E-state index contributed by atoms with van der Waals surface area (Å²) >= 11 is 5.73. The molecule has 2 rings (SSSR count). The van der Waals surface area contributed by atoms with Crippen molar-refractivity contribution in [2.45, 2.75) is 0 Å². The minimum Gasteiger partial charge on any atom is -0.321 e. The fourth-order valence-electron chi connectivity index (χ4n) is 1.24. The molecular weight excluding hydrogens is 224 g/mol. The summed E-state index contributed by atoms with van der Waals surface area (Å²) in [4.78, 5) is 15.7. The van der Waals surface area contributed by atoms with Crippen LogP contribution in [0.4, 0.5) is 5.69 Å². The lowest BCUT2D eigenvalue weighted by molar-refractivity contribution is 0.102. The van der Waals surface area contributed by atoms with Crippen LogP contribution in [0.5, 0.6) is 0 Å². The van der Waals surface area contributed by atoms with Crippen LogP contribution in [0.15, 0.2) is 48.8 Å². The maximum Gasteiger partial charge on any atom is 0.255 e. The number of hydrogen-bond acceptors (Lipinski definition) is 2. The fourth-order valence-corrected chi connectivity index (χ4v) is 1.37. The van der Waals surface area contributed by atoms with E-state index >= 15 is 0 Å². The molecule has 4 heteroatoms. The number of carbonyl (C=O) groups is 1. The highest BCUT2D eigenvalue weighted by molar-refractivity contribution is 6.30. The zero-order valence-corrected chi connectivity index (χ0v) is 9.11. The molecular formula is C12H9ClN2O. The molecule has 0 aliphatic heterocycles. The third kappa shape index (κ3) is 2.58. The second-order valence-electron chi connectivity index (χ2n) is 3.20. The number of amides is 1. The van der Waals surface area contributed by atoms with Gasteiger partial charge in [-0.1, -0.05) is 11.6 Å². The first-order valence-electron chi connectivity index (χ1n) is 4.72. The first kappa shape index (κ1) is 10.6. The van der Waals surface area contributed by atoms with Crippen molar-refractivity contribution in [3.05, 3.63) is 59.4 Å². The van der Waals surface area contributed by atoms with Crippen LogP contribution in [0, 0.1) is 0 Å². The summed E-state index contributed by atoms with van der Waals surface area (Å²) in [6.45, 7) is 0. The van der Waals surface area contributed by atoms with Crippen LogP contribution >= 0.6 is 11.6 Å². The van der Waals surface area contributed by atoms with E-state index in [9.17, 15) is 4.79 Å². The Hall–Kier alpha value is -1.87. The normalized spacial score (nSPS) is 9.81. The predicted molar refractivity (Wildman–Crippen MR) is 63.6 cm³/mol. The maximum atomic E-state index is 11.7. The fraction of sp³-hybridized carbons (Fsp3) is 0. The van der Waals surface area contributed by atoms with E-state index in [1.165, 1.54) is 0 Å². The Morgan fingerprint density at radius 2 is 1.94 bits per heavy atom. The molecule has 0 unspecified atom stereocenters. The highest BCUT2D eigenvalue weighted by Crippen LogP contribution is 2.11. The van der Waals surface area contributed by atoms with Gasteiger partial charge in [0.1, 0.15) is 0 Å². The zero-order valence-electron chi connectivity index (χ0n) is 8.35. The quantitative estimate of drug-likeness (QED) is 0.865. The van der Waals surface area contributed by atoms with Crippen molar-refractivity contribution in [2.75, 3.05) is 5.32 Å². The zero-order chi connectivity index (χ0) is 11.4. The van der Waals surface area contributed by atoms with Crippen molar-refractivity contribution < 1.29 is 4.79 Å². The van der Waals surface area contributed by atoms with Crippen LogP contribution in [0.3, 0.4) is 0 Å². The van der Waals surface area contributed by atoms with Crippen molar-refractivity contribution in [2.24, 2.45) is 0 Å². The third-order valence-electron chi connectivity index (χ3n) is 2.03. The average molecular weight is 233 g/mol. The van der Waals surface area contributed by atoms with Crippen LogP contribution in [0.1, 0.15) is 10.4 Å². The van der Waals surface area contributed by atoms with Gasteiger partial charge in [0.05, 0.1) is 11.9 Å². The van der Waals surface area contributed by atoms with Gasteiger partial charge in [-0.15, -0.1) is 0 Å². The molecule has 1 amide bonds. The predicted octanol–water partition coefficient (Wildman–Crippen LogP) is 2.99. The first-order chi connectivity index (χ1) is 7.75. The van der Waals surface area contributed by atoms with Crippen LogP contribution in [-0.4, -0.2) is 10.9 Å². The van der Waals surface area contributed by atoms with Gasteiger partial charge in [-0.2, -0.15) is 0 Å². The SMILES string of the molecule is O=C(Nc1cccnc1)c1ccc(Cl)cc1. The Morgan fingerprint density at radius 3 is 2.56 bits per heavy atom. The summed E-state index contributed by atoms with van der Waals surface area (Å²) in [6.07, 6.45) is 3.24. The summed E-state index contributed by atoms with van der Waals surface area (Å²) in [5.74, 6) is -0.176. The Bertz CT molecular complexity index is 482. The number of aromatic nitrogens is 1. The monoisotopic (exact) mass is 232 g/mol. The molecule has 1 N–H and O–H groups in total. The molecule has 0 fully saturated rings. The number of rotatable bonds is 2. The maximum absolute atomic E-state index is 11.7. The Balaban J connectivity index is 2.12. The number of halogens is 1. The van der Waals surface area contributed by atoms with E-state index in [0.29, 0.717) is 16.3 Å². The number of anilines is 1. The van der Waals surface area contributed by atoms with Gasteiger partial charge in [0.15, 0.2) is 0 Å². The molecule has 0 aliphatic rings. The van der Waals surface area contributed by atoms with E-state index in [1.54, 1.807) is 48.8 Å². The van der Waals surface area contributed by atoms with E-state index in [0.717, 1.165) is 0 Å². The highest BCUT2D eigenvalue weighted by Gasteiger charge is 2.05. The van der Waals surface area contributed by atoms with Gasteiger partial charge in [-0.3, -0.25) is 9.78 Å². The lowest BCUT2D eigenvalue weighted by Crippen LogP contribution is -2.11. The third-order valence-corrected chi connectivity index (χ3v) is 2.28. The molecule has 0 saturated carbocycles. The van der Waals surface area contributed by atoms with Gasteiger partial charge in [0.2, 0.25) is 0 Å². The molecule has 80 valence electrons. The lowest BCUT2D eigenvalue weighted by Gasteiger charge is -2.04. The molecule has 0 aliphatic carbocycles. The van der Waals surface area contributed by atoms with Crippen molar-refractivity contribution in [1.29, 1.82) is 0 Å². The molecule has 0 spiro atoms. The Morgan fingerprint density at radius 1 is 1.19 bits per heavy atom. The molecule has 0 radical (unpaired) electrons. The molecule has 1 aromatic heterocycles. The van der Waals surface area contributed by atoms with Crippen LogP contribution in [0.2, 0.25) is 5.02 Å². The highest BCUT2D eigenvalue weighted by atomic mass is 35.5. The number of pyridine rings is 1. The van der Waals surface area contributed by atoms with Crippen LogP contribution in [0.25, 0.3) is 0 Å². The molecule has 16 heavy (non-hydrogen) atoms. The Kier molecular flexibility index (Phi) is 3.17. The van der Waals surface area contributed by atoms with E-state index in [4.69, 9.17) is 11.6 Å². The van der Waals surface area contributed by atoms with Crippen molar-refractivity contribution >= 4 is 23.2 Å². The molecule has 2 aromatic rings. The number of carbonyl (C=O) groups excluding carboxylic acids is 1. The minimum absolute atomic E-state index is 0.176. The molecule has 3 nitrogen and oxygen atoms in total. The van der Waals surface area contributed by atoms with Gasteiger partial charge in [0, 0.05) is 16.8 Å². The largest absolute Gasteiger partial charge is 0.321 e. The summed E-state index contributed by atoms with van der Waals surface area (Å²) in [5.41, 5.74) is 1.23. The van der Waals surface area contributed by atoms with E-state index in [1.807, 2.05) is 0 Å². The second-order valence-corrected chi connectivity index (χ2v) is 3.64. The number of hydrogen-bond donors (Lipinski definition) is 1. The molecule has 0 atom stereocenters. The minimum atomic E-state index is -0.176. The smallest absolute Gasteiger partial charge is 0.255 e. The topological polar surface area (TPSA) is 42.0 Å². The number of nitrogens with one attached hydrogen (secondary N) is 1. The van der Waals surface area contributed by atoms with E-state index in [-0.39, 0.29) is 5.91 Å². The van der Waals surface area contributed by atoms with E-state index < -0.39 is 0 Å². The molecule has 0 bridgehead atoms. The summed E-state index contributed by atoms with van der Waals surface area (Å²) in [6, 6.07) is 10.2. The Labute approximate surface area is 98.1 Å². The lowest BCUT2D eigenvalue weighted by atomic mass is 10.2. The van der Waals surface area contributed by atoms with Gasteiger partial charge in [0.25, 0.3) is 5.91 Å². The van der Waals surface area contributed by atoms with Crippen molar-refractivity contribution in [3.63, 3.8) is 0 Å². The van der Waals surface area contributed by atoms with Crippen molar-refractivity contribution in [3.8, 4) is 0 Å². The van der Waals surface area contributed by atoms with Gasteiger partial charge in [-0.25, -0.2) is 0 Å². The molecule has 0 saturated heterocycles. The van der Waals surface area contributed by atoms with Crippen molar-refractivity contribution in [1.82, 2.24) is 4.98 Å². The standard InChI is InChI=1S/C12H9ClN2O/c13-10-5-3-9(4-6-10)12(16)15-11-2-1-7-14-8-11/h1-8H,(H,15,16). The first-order valence-corrected chi connectivity index (χ1v) is 5.10. The second kappa shape index (κ2) is 4.77. The molecule has 1 aromatic carbocycles. The van der Waals surface area contributed by atoms with Gasteiger partial charge < -0.3 is 5.32 Å². The average Bonchev–Trinajstić information content (AvgIpc) is 2.31. The summed E-state index contributed by atoms with van der Waals surface area (Å²) in [7, 11) is 0. The van der Waals surface area contributed by atoms with Gasteiger partial charge >= 0.3 is 0 Å².